The van der Waals surface area contributed by atoms with Gasteiger partial charge in [0.25, 0.3) is 0 Å². The highest BCUT2D eigenvalue weighted by molar-refractivity contribution is 6.36. The van der Waals surface area contributed by atoms with Gasteiger partial charge in [-0.15, -0.1) is 0 Å². The molecule has 106 valence electrons. The van der Waals surface area contributed by atoms with Crippen LogP contribution in [-0.4, -0.2) is 0 Å². The zero-order valence-electron chi connectivity index (χ0n) is 10.4. The molecule has 0 amide bonds. The van der Waals surface area contributed by atoms with Gasteiger partial charge in [-0.3, -0.25) is 0 Å². The molecule has 6 heteroatoms. The quantitative estimate of drug-likeness (QED) is 0.612. The molecule has 0 heterocycles. The van der Waals surface area contributed by atoms with Gasteiger partial charge in [0.1, 0.15) is 5.82 Å². The predicted molar refractivity (Wildman–Crippen MR) is 84.9 cm³/mol. The van der Waals surface area contributed by atoms with Crippen molar-refractivity contribution in [3.8, 4) is 0 Å². The summed E-state index contributed by atoms with van der Waals surface area (Å²) in [7, 11) is 0. The van der Waals surface area contributed by atoms with Crippen molar-refractivity contribution in [1.82, 2.24) is 0 Å². The second-order valence-corrected chi connectivity index (χ2v) is 5.94. The van der Waals surface area contributed by atoms with Crippen molar-refractivity contribution in [3.05, 3.63) is 61.8 Å². The minimum Gasteiger partial charge on any atom is -0.378 e. The molecule has 2 aromatic carbocycles. The van der Waals surface area contributed by atoms with E-state index in [-0.39, 0.29) is 11.1 Å². The Morgan fingerprint density at radius 3 is 2.20 bits per heavy atom. The second kappa shape index (κ2) is 6.40. The fraction of sp³-hybridized carbons (Fsp3) is 0.143. The van der Waals surface area contributed by atoms with Gasteiger partial charge in [0.2, 0.25) is 0 Å². The molecule has 0 radical (unpaired) electrons. The maximum absolute atomic E-state index is 13.5. The van der Waals surface area contributed by atoms with Crippen LogP contribution in [0.15, 0.2) is 30.3 Å². The molecular weight excluding hydrogens is 343 g/mol. The molecule has 1 nitrogen and oxygen atoms in total. The SMILES string of the molecule is CC(Nc1cc(Cl)cc(Cl)c1)c1c(Cl)ccc(F)c1Cl. The normalized spacial score (nSPS) is 12.3. The minimum atomic E-state index is -0.510. The van der Waals surface area contributed by atoms with Crippen LogP contribution in [0.4, 0.5) is 10.1 Å². The average molecular weight is 353 g/mol. The number of hydrogen-bond acceptors (Lipinski definition) is 1. The van der Waals surface area contributed by atoms with Crippen LogP contribution in [0.2, 0.25) is 20.1 Å². The number of hydrogen-bond donors (Lipinski definition) is 1. The van der Waals surface area contributed by atoms with Crippen LogP contribution in [-0.2, 0) is 0 Å². The first-order valence-electron chi connectivity index (χ1n) is 5.74. The number of anilines is 1. The summed E-state index contributed by atoms with van der Waals surface area (Å²) in [5.74, 6) is -0.510. The van der Waals surface area contributed by atoms with Crippen molar-refractivity contribution in [3.63, 3.8) is 0 Å². The zero-order valence-corrected chi connectivity index (χ0v) is 13.4. The maximum atomic E-state index is 13.5. The van der Waals surface area contributed by atoms with Crippen LogP contribution >= 0.6 is 46.4 Å². The molecule has 0 aliphatic carbocycles. The van der Waals surface area contributed by atoms with Gasteiger partial charge >= 0.3 is 0 Å². The first-order chi connectivity index (χ1) is 9.38. The van der Waals surface area contributed by atoms with Gasteiger partial charge in [0, 0.05) is 26.3 Å². The number of rotatable bonds is 3. The van der Waals surface area contributed by atoms with Gasteiger partial charge in [-0.05, 0) is 37.3 Å². The Morgan fingerprint density at radius 1 is 1.00 bits per heavy atom. The van der Waals surface area contributed by atoms with Crippen molar-refractivity contribution < 1.29 is 4.39 Å². The Bertz CT molecular complexity index is 625. The van der Waals surface area contributed by atoms with Crippen LogP contribution in [0, 0.1) is 5.82 Å². The molecular formula is C14H10Cl4FN. The van der Waals surface area contributed by atoms with Crippen LogP contribution in [0.25, 0.3) is 0 Å². The molecule has 0 aromatic heterocycles. The second-order valence-electron chi connectivity index (χ2n) is 4.28. The topological polar surface area (TPSA) is 12.0 Å². The summed E-state index contributed by atoms with van der Waals surface area (Å²) in [6.45, 7) is 1.82. The van der Waals surface area contributed by atoms with Gasteiger partial charge in [-0.2, -0.15) is 0 Å². The molecule has 1 N–H and O–H groups in total. The van der Waals surface area contributed by atoms with Crippen molar-refractivity contribution in [2.75, 3.05) is 5.32 Å². The van der Waals surface area contributed by atoms with Crippen LogP contribution in [0.1, 0.15) is 18.5 Å². The Morgan fingerprint density at radius 2 is 1.60 bits per heavy atom. The van der Waals surface area contributed by atoms with Gasteiger partial charge in [-0.1, -0.05) is 46.4 Å². The lowest BCUT2D eigenvalue weighted by molar-refractivity contribution is 0.624. The van der Waals surface area contributed by atoms with E-state index >= 15 is 0 Å². The minimum absolute atomic E-state index is 0.00521. The van der Waals surface area contributed by atoms with E-state index < -0.39 is 5.82 Å². The molecule has 1 atom stereocenters. The summed E-state index contributed by atoms with van der Waals surface area (Å²) < 4.78 is 13.5. The van der Waals surface area contributed by atoms with Crippen molar-refractivity contribution >= 4 is 52.1 Å². The zero-order chi connectivity index (χ0) is 14.9. The monoisotopic (exact) mass is 351 g/mol. The molecule has 0 fully saturated rings. The van der Waals surface area contributed by atoms with Crippen molar-refractivity contribution in [1.29, 1.82) is 0 Å². The lowest BCUT2D eigenvalue weighted by Crippen LogP contribution is -2.08. The smallest absolute Gasteiger partial charge is 0.142 e. The summed E-state index contributed by atoms with van der Waals surface area (Å²) in [4.78, 5) is 0. The van der Waals surface area contributed by atoms with Gasteiger partial charge < -0.3 is 5.32 Å². The summed E-state index contributed by atoms with van der Waals surface area (Å²) in [6.07, 6.45) is 0. The highest BCUT2D eigenvalue weighted by Gasteiger charge is 2.17. The highest BCUT2D eigenvalue weighted by atomic mass is 35.5. The van der Waals surface area contributed by atoms with E-state index in [1.165, 1.54) is 12.1 Å². The molecule has 0 aliphatic heterocycles. The van der Waals surface area contributed by atoms with Crippen LogP contribution in [0.3, 0.4) is 0 Å². The highest BCUT2D eigenvalue weighted by Crippen LogP contribution is 2.34. The fourth-order valence-corrected chi connectivity index (χ4v) is 3.12. The Balaban J connectivity index is 2.33. The number of halogens is 5. The van der Waals surface area contributed by atoms with Crippen molar-refractivity contribution in [2.45, 2.75) is 13.0 Å². The molecule has 1 unspecified atom stereocenters. The maximum Gasteiger partial charge on any atom is 0.142 e. The Hall–Kier alpha value is -0.670. The third kappa shape index (κ3) is 3.50. The molecule has 0 bridgehead atoms. The van der Waals surface area contributed by atoms with E-state index in [4.69, 9.17) is 46.4 Å². The molecule has 0 saturated heterocycles. The van der Waals surface area contributed by atoms with E-state index in [9.17, 15) is 4.39 Å². The van der Waals surface area contributed by atoms with E-state index in [1.54, 1.807) is 18.2 Å². The largest absolute Gasteiger partial charge is 0.378 e. The standard InChI is InChI=1S/C14H10Cl4FN/c1-7(13-11(17)2-3-12(19)14(13)18)20-10-5-8(15)4-9(16)6-10/h2-7,20H,1H3. The third-order valence-electron chi connectivity index (χ3n) is 2.76. The first kappa shape index (κ1) is 15.7. The van der Waals surface area contributed by atoms with Crippen LogP contribution < -0.4 is 5.32 Å². The summed E-state index contributed by atoms with van der Waals surface area (Å²) in [5.41, 5.74) is 1.19. The lowest BCUT2D eigenvalue weighted by atomic mass is 10.1. The van der Waals surface area contributed by atoms with Crippen LogP contribution in [0.5, 0.6) is 0 Å². The lowest BCUT2D eigenvalue weighted by Gasteiger charge is -2.19. The number of nitrogens with one attached hydrogen (secondary N) is 1. The van der Waals surface area contributed by atoms with Gasteiger partial charge in [-0.25, -0.2) is 4.39 Å². The van der Waals surface area contributed by atoms with Gasteiger partial charge in [0.05, 0.1) is 11.1 Å². The summed E-state index contributed by atoms with van der Waals surface area (Å²) in [5, 5.41) is 4.55. The van der Waals surface area contributed by atoms with E-state index in [1.807, 2.05) is 6.92 Å². The molecule has 2 rings (SSSR count). The molecule has 0 spiro atoms. The third-order valence-corrected chi connectivity index (χ3v) is 3.91. The van der Waals surface area contributed by atoms with E-state index in [2.05, 4.69) is 5.32 Å². The summed E-state index contributed by atoms with van der Waals surface area (Å²) >= 11 is 23.9. The average Bonchev–Trinajstić information content (AvgIpc) is 2.33. The summed E-state index contributed by atoms with van der Waals surface area (Å²) in [6, 6.07) is 7.45. The Labute approximate surface area is 136 Å². The fourth-order valence-electron chi connectivity index (χ4n) is 1.90. The van der Waals surface area contributed by atoms with Gasteiger partial charge in [0.15, 0.2) is 0 Å². The van der Waals surface area contributed by atoms with E-state index in [0.717, 1.165) is 0 Å². The molecule has 20 heavy (non-hydrogen) atoms. The Kier molecular flexibility index (Phi) is 5.03. The number of benzene rings is 2. The molecule has 2 aromatic rings. The van der Waals surface area contributed by atoms with E-state index in [0.29, 0.717) is 26.3 Å². The van der Waals surface area contributed by atoms with Crippen molar-refractivity contribution in [2.24, 2.45) is 0 Å². The first-order valence-corrected chi connectivity index (χ1v) is 7.25. The predicted octanol–water partition coefficient (Wildman–Crippen LogP) is 6.61. The molecule has 0 saturated carbocycles. The molecule has 0 aliphatic rings.